The van der Waals surface area contributed by atoms with E-state index in [1.54, 1.807) is 0 Å². The van der Waals surface area contributed by atoms with Crippen LogP contribution >= 0.6 is 0 Å². The zero-order valence-corrected chi connectivity index (χ0v) is 7.82. The smallest absolute Gasteiger partial charge is 0.147 e. The Morgan fingerprint density at radius 1 is 1.31 bits per heavy atom. The van der Waals surface area contributed by atoms with E-state index < -0.39 is 0 Å². The first kappa shape index (κ1) is 8.73. The molecule has 0 aliphatic carbocycles. The van der Waals surface area contributed by atoms with Crippen molar-refractivity contribution in [1.29, 1.82) is 0 Å². The van der Waals surface area contributed by atoms with Crippen molar-refractivity contribution in [3.8, 4) is 0 Å². The van der Waals surface area contributed by atoms with Gasteiger partial charge in [0.2, 0.25) is 0 Å². The van der Waals surface area contributed by atoms with Crippen molar-refractivity contribution in [2.24, 2.45) is 0 Å². The van der Waals surface area contributed by atoms with Crippen molar-refractivity contribution < 1.29 is 9.47 Å². The van der Waals surface area contributed by atoms with Crippen LogP contribution < -0.4 is 0 Å². The zero-order valence-electron chi connectivity index (χ0n) is 7.82. The lowest BCUT2D eigenvalue weighted by molar-refractivity contribution is -0.141. The second-order valence-corrected chi connectivity index (χ2v) is 3.33. The molecule has 2 rings (SSSR count). The molecule has 1 aromatic rings. The Balaban J connectivity index is 2.18. The van der Waals surface area contributed by atoms with E-state index in [2.05, 4.69) is 31.2 Å². The van der Waals surface area contributed by atoms with E-state index in [1.165, 1.54) is 11.1 Å². The predicted octanol–water partition coefficient (Wildman–Crippen LogP) is 2.43. The van der Waals surface area contributed by atoms with Gasteiger partial charge in [0.15, 0.2) is 0 Å². The van der Waals surface area contributed by atoms with E-state index in [9.17, 15) is 0 Å². The van der Waals surface area contributed by atoms with E-state index in [4.69, 9.17) is 9.47 Å². The maximum absolute atomic E-state index is 5.52. The summed E-state index contributed by atoms with van der Waals surface area (Å²) in [4.78, 5) is 0. The lowest BCUT2D eigenvalue weighted by atomic mass is 10.0. The number of aryl methyl sites for hydroxylation is 1. The normalized spacial score (nSPS) is 23.0. The molecule has 1 saturated heterocycles. The SMILES string of the molecule is Cc1ccccc1C1CCOCO1. The third kappa shape index (κ3) is 1.90. The molecule has 1 heterocycles. The molecular weight excluding hydrogens is 164 g/mol. The second-order valence-electron chi connectivity index (χ2n) is 3.33. The number of benzene rings is 1. The summed E-state index contributed by atoms with van der Waals surface area (Å²) in [7, 11) is 0. The van der Waals surface area contributed by atoms with E-state index in [0.717, 1.165) is 13.0 Å². The molecule has 0 bridgehead atoms. The topological polar surface area (TPSA) is 18.5 Å². The van der Waals surface area contributed by atoms with Gasteiger partial charge in [0.25, 0.3) is 0 Å². The highest BCUT2D eigenvalue weighted by Crippen LogP contribution is 2.26. The third-order valence-electron chi connectivity index (χ3n) is 2.41. The fourth-order valence-corrected chi connectivity index (χ4v) is 1.66. The van der Waals surface area contributed by atoms with E-state index in [-0.39, 0.29) is 6.10 Å². The molecule has 1 atom stereocenters. The Labute approximate surface area is 78.5 Å². The lowest BCUT2D eigenvalue weighted by Crippen LogP contribution is -2.17. The Hall–Kier alpha value is -0.860. The predicted molar refractivity (Wildman–Crippen MR) is 50.4 cm³/mol. The number of ether oxygens (including phenoxy) is 2. The summed E-state index contributed by atoms with van der Waals surface area (Å²) in [5.74, 6) is 0. The van der Waals surface area contributed by atoms with Crippen LogP contribution in [-0.4, -0.2) is 13.4 Å². The summed E-state index contributed by atoms with van der Waals surface area (Å²) in [5, 5.41) is 0. The molecule has 0 spiro atoms. The Kier molecular flexibility index (Phi) is 2.62. The van der Waals surface area contributed by atoms with Gasteiger partial charge in [-0.1, -0.05) is 24.3 Å². The first-order valence-corrected chi connectivity index (χ1v) is 4.63. The van der Waals surface area contributed by atoms with Crippen molar-refractivity contribution in [1.82, 2.24) is 0 Å². The van der Waals surface area contributed by atoms with Crippen LogP contribution in [0.2, 0.25) is 0 Å². The van der Waals surface area contributed by atoms with Gasteiger partial charge in [0.1, 0.15) is 6.79 Å². The molecule has 1 aromatic carbocycles. The average molecular weight is 178 g/mol. The molecule has 0 aromatic heterocycles. The van der Waals surface area contributed by atoms with Crippen LogP contribution in [0.25, 0.3) is 0 Å². The molecule has 0 saturated carbocycles. The summed E-state index contributed by atoms with van der Waals surface area (Å²) in [6, 6.07) is 8.36. The molecular formula is C11H14O2. The largest absolute Gasteiger partial charge is 0.355 e. The molecule has 2 nitrogen and oxygen atoms in total. The highest BCUT2D eigenvalue weighted by molar-refractivity contribution is 5.27. The second kappa shape index (κ2) is 3.90. The van der Waals surface area contributed by atoms with Crippen LogP contribution in [0, 0.1) is 6.92 Å². The molecule has 0 radical (unpaired) electrons. The van der Waals surface area contributed by atoms with Crippen LogP contribution in [0.4, 0.5) is 0 Å². The van der Waals surface area contributed by atoms with Gasteiger partial charge in [-0.15, -0.1) is 0 Å². The van der Waals surface area contributed by atoms with Gasteiger partial charge in [-0.2, -0.15) is 0 Å². The van der Waals surface area contributed by atoms with Crippen LogP contribution in [0.15, 0.2) is 24.3 Å². The minimum absolute atomic E-state index is 0.231. The van der Waals surface area contributed by atoms with Gasteiger partial charge < -0.3 is 9.47 Å². The van der Waals surface area contributed by atoms with Gasteiger partial charge in [-0.25, -0.2) is 0 Å². The summed E-state index contributed by atoms with van der Waals surface area (Å²) in [6.45, 7) is 3.35. The Morgan fingerprint density at radius 2 is 2.15 bits per heavy atom. The fraction of sp³-hybridized carbons (Fsp3) is 0.455. The number of rotatable bonds is 1. The van der Waals surface area contributed by atoms with Crippen molar-refractivity contribution >= 4 is 0 Å². The summed E-state index contributed by atoms with van der Waals surface area (Å²) in [5.41, 5.74) is 2.60. The number of hydrogen-bond donors (Lipinski definition) is 0. The van der Waals surface area contributed by atoms with Crippen molar-refractivity contribution in [3.05, 3.63) is 35.4 Å². The zero-order chi connectivity index (χ0) is 9.10. The van der Waals surface area contributed by atoms with Crippen LogP contribution in [0.1, 0.15) is 23.7 Å². The minimum Gasteiger partial charge on any atom is -0.355 e. The quantitative estimate of drug-likeness (QED) is 0.657. The highest BCUT2D eigenvalue weighted by atomic mass is 16.7. The van der Waals surface area contributed by atoms with Crippen molar-refractivity contribution in [2.75, 3.05) is 13.4 Å². The maximum Gasteiger partial charge on any atom is 0.147 e. The number of hydrogen-bond acceptors (Lipinski definition) is 2. The van der Waals surface area contributed by atoms with Gasteiger partial charge in [0, 0.05) is 6.42 Å². The first-order chi connectivity index (χ1) is 6.38. The molecule has 1 unspecified atom stereocenters. The van der Waals surface area contributed by atoms with Gasteiger partial charge in [0.05, 0.1) is 12.7 Å². The maximum atomic E-state index is 5.52. The molecule has 13 heavy (non-hydrogen) atoms. The summed E-state index contributed by atoms with van der Waals surface area (Å²) < 4.78 is 10.7. The summed E-state index contributed by atoms with van der Waals surface area (Å²) >= 11 is 0. The monoisotopic (exact) mass is 178 g/mol. The third-order valence-corrected chi connectivity index (χ3v) is 2.41. The van der Waals surface area contributed by atoms with Gasteiger partial charge in [-0.3, -0.25) is 0 Å². The molecule has 0 N–H and O–H groups in total. The van der Waals surface area contributed by atoms with Crippen molar-refractivity contribution in [3.63, 3.8) is 0 Å². The van der Waals surface area contributed by atoms with Crippen LogP contribution in [0.5, 0.6) is 0 Å². The van der Waals surface area contributed by atoms with Crippen LogP contribution in [0.3, 0.4) is 0 Å². The molecule has 70 valence electrons. The average Bonchev–Trinajstić information content (AvgIpc) is 2.20. The van der Waals surface area contributed by atoms with Crippen molar-refractivity contribution in [2.45, 2.75) is 19.4 Å². The lowest BCUT2D eigenvalue weighted by Gasteiger charge is -2.24. The van der Waals surface area contributed by atoms with E-state index >= 15 is 0 Å². The van der Waals surface area contributed by atoms with Gasteiger partial charge in [-0.05, 0) is 18.1 Å². The molecule has 2 heteroatoms. The van der Waals surface area contributed by atoms with E-state index in [1.807, 2.05) is 0 Å². The highest BCUT2D eigenvalue weighted by Gasteiger charge is 2.17. The molecule has 0 amide bonds. The molecule has 1 fully saturated rings. The fourth-order valence-electron chi connectivity index (χ4n) is 1.66. The minimum atomic E-state index is 0.231. The van der Waals surface area contributed by atoms with Crippen LogP contribution in [-0.2, 0) is 9.47 Å². The molecule has 1 aliphatic heterocycles. The molecule has 1 aliphatic rings. The van der Waals surface area contributed by atoms with Gasteiger partial charge >= 0.3 is 0 Å². The van der Waals surface area contributed by atoms with E-state index in [0.29, 0.717) is 6.79 Å². The summed E-state index contributed by atoms with van der Waals surface area (Å²) in [6.07, 6.45) is 1.19. The standard InChI is InChI=1S/C11H14O2/c1-9-4-2-3-5-10(9)11-6-7-12-8-13-11/h2-5,11H,6-8H2,1H3. The first-order valence-electron chi connectivity index (χ1n) is 4.63. The Bertz CT molecular complexity index is 277. The Morgan fingerprint density at radius 3 is 2.85 bits per heavy atom.